The lowest BCUT2D eigenvalue weighted by atomic mass is 10.3. The van der Waals surface area contributed by atoms with Gasteiger partial charge in [-0.05, 0) is 19.1 Å². The van der Waals surface area contributed by atoms with E-state index in [1.165, 1.54) is 0 Å². The third kappa shape index (κ3) is 4.66. The number of rotatable bonds is 8. The Morgan fingerprint density at radius 1 is 1.27 bits per heavy atom. The van der Waals surface area contributed by atoms with Crippen LogP contribution in [0.2, 0.25) is 0 Å². The van der Waals surface area contributed by atoms with Gasteiger partial charge in [-0.3, -0.25) is 4.79 Å². The van der Waals surface area contributed by atoms with E-state index in [2.05, 4.69) is 10.2 Å². The summed E-state index contributed by atoms with van der Waals surface area (Å²) >= 11 is 1.12. The standard InChI is InChI=1S/C14H16N2O5S/c1-3-19-13(17)9-22-14-16-15-12(21-14)8-20-11-7-5-4-6-10(11)18-2/h4-7H,3,8-9H2,1-2H3. The third-order valence-electron chi connectivity index (χ3n) is 2.49. The van der Waals surface area contributed by atoms with Crippen LogP contribution in [-0.2, 0) is 16.1 Å². The Labute approximate surface area is 132 Å². The summed E-state index contributed by atoms with van der Waals surface area (Å²) in [6, 6.07) is 7.27. The molecule has 0 N–H and O–H groups in total. The first-order valence-electron chi connectivity index (χ1n) is 6.59. The quantitative estimate of drug-likeness (QED) is 0.540. The average Bonchev–Trinajstić information content (AvgIpc) is 2.99. The SMILES string of the molecule is CCOC(=O)CSc1nnc(COc2ccccc2OC)o1. The van der Waals surface area contributed by atoms with Gasteiger partial charge in [-0.25, -0.2) is 0 Å². The van der Waals surface area contributed by atoms with Crippen LogP contribution in [0.25, 0.3) is 0 Å². The summed E-state index contributed by atoms with van der Waals surface area (Å²) in [7, 11) is 1.57. The minimum atomic E-state index is -0.322. The minimum absolute atomic E-state index is 0.118. The molecule has 0 aliphatic heterocycles. The van der Waals surface area contributed by atoms with Crippen LogP contribution >= 0.6 is 11.8 Å². The first-order valence-corrected chi connectivity index (χ1v) is 7.58. The van der Waals surface area contributed by atoms with Crippen molar-refractivity contribution in [2.45, 2.75) is 18.8 Å². The Hall–Kier alpha value is -2.22. The number of benzene rings is 1. The second-order valence-corrected chi connectivity index (χ2v) is 4.92. The number of esters is 1. The monoisotopic (exact) mass is 324 g/mol. The first kappa shape index (κ1) is 16.2. The maximum Gasteiger partial charge on any atom is 0.316 e. The summed E-state index contributed by atoms with van der Waals surface area (Å²) in [5, 5.41) is 7.98. The molecule has 0 saturated carbocycles. The van der Waals surface area contributed by atoms with E-state index in [1.54, 1.807) is 26.2 Å². The average molecular weight is 324 g/mol. The fourth-order valence-corrected chi connectivity index (χ4v) is 2.13. The van der Waals surface area contributed by atoms with Gasteiger partial charge < -0.3 is 18.6 Å². The fraction of sp³-hybridized carbons (Fsp3) is 0.357. The molecule has 22 heavy (non-hydrogen) atoms. The van der Waals surface area contributed by atoms with Crippen molar-refractivity contribution in [1.82, 2.24) is 10.2 Å². The van der Waals surface area contributed by atoms with Crippen LogP contribution in [0.5, 0.6) is 11.5 Å². The maximum atomic E-state index is 11.2. The smallest absolute Gasteiger partial charge is 0.316 e. The molecule has 0 bridgehead atoms. The van der Waals surface area contributed by atoms with Crippen molar-refractivity contribution >= 4 is 17.7 Å². The predicted molar refractivity (Wildman–Crippen MR) is 79.0 cm³/mol. The van der Waals surface area contributed by atoms with E-state index >= 15 is 0 Å². The van der Waals surface area contributed by atoms with Gasteiger partial charge in [0.05, 0.1) is 13.7 Å². The molecule has 0 unspecified atom stereocenters. The highest BCUT2D eigenvalue weighted by molar-refractivity contribution is 7.99. The molecule has 0 fully saturated rings. The van der Waals surface area contributed by atoms with Crippen molar-refractivity contribution in [3.63, 3.8) is 0 Å². The first-order chi connectivity index (χ1) is 10.7. The Balaban J connectivity index is 1.85. The summed E-state index contributed by atoms with van der Waals surface area (Å²) in [6.07, 6.45) is 0. The van der Waals surface area contributed by atoms with E-state index in [-0.39, 0.29) is 18.3 Å². The molecule has 0 amide bonds. The van der Waals surface area contributed by atoms with Gasteiger partial charge in [-0.1, -0.05) is 23.9 Å². The number of carbonyl (C=O) groups is 1. The molecule has 1 aromatic carbocycles. The van der Waals surface area contributed by atoms with Crippen LogP contribution in [0.15, 0.2) is 33.9 Å². The van der Waals surface area contributed by atoms with E-state index in [0.717, 1.165) is 11.8 Å². The highest BCUT2D eigenvalue weighted by Crippen LogP contribution is 2.26. The zero-order chi connectivity index (χ0) is 15.8. The molecular weight excluding hydrogens is 308 g/mol. The topological polar surface area (TPSA) is 83.7 Å². The van der Waals surface area contributed by atoms with E-state index in [1.807, 2.05) is 12.1 Å². The largest absolute Gasteiger partial charge is 0.493 e. The summed E-state index contributed by atoms with van der Waals surface area (Å²) in [5.74, 6) is 1.33. The molecule has 7 nitrogen and oxygen atoms in total. The molecule has 0 saturated heterocycles. The van der Waals surface area contributed by atoms with E-state index in [9.17, 15) is 4.79 Å². The molecule has 2 rings (SSSR count). The van der Waals surface area contributed by atoms with Gasteiger partial charge in [0.1, 0.15) is 5.75 Å². The highest BCUT2D eigenvalue weighted by Gasteiger charge is 2.11. The number of methoxy groups -OCH3 is 1. The molecule has 0 radical (unpaired) electrons. The molecule has 0 aliphatic carbocycles. The van der Waals surface area contributed by atoms with Crippen LogP contribution in [0.1, 0.15) is 12.8 Å². The fourth-order valence-electron chi connectivity index (χ4n) is 1.56. The van der Waals surface area contributed by atoms with Crippen molar-refractivity contribution < 1.29 is 23.4 Å². The molecule has 1 heterocycles. The zero-order valence-corrected chi connectivity index (χ0v) is 13.1. The molecule has 118 valence electrons. The lowest BCUT2D eigenvalue weighted by Gasteiger charge is -2.07. The Kier molecular flexibility index (Phi) is 6.08. The highest BCUT2D eigenvalue weighted by atomic mass is 32.2. The Bertz CT molecular complexity index is 617. The number of aromatic nitrogens is 2. The summed E-state index contributed by atoms with van der Waals surface area (Å²) in [5.41, 5.74) is 0. The predicted octanol–water partition coefficient (Wildman–Crippen LogP) is 2.31. The van der Waals surface area contributed by atoms with Gasteiger partial charge in [0.2, 0.25) is 0 Å². The number of nitrogens with zero attached hydrogens (tertiary/aromatic N) is 2. The van der Waals surface area contributed by atoms with Crippen molar-refractivity contribution in [1.29, 1.82) is 0 Å². The zero-order valence-electron chi connectivity index (χ0n) is 12.3. The molecule has 0 aliphatic rings. The molecule has 0 spiro atoms. The van der Waals surface area contributed by atoms with Crippen LogP contribution in [-0.4, -0.2) is 35.6 Å². The molecule has 8 heteroatoms. The molecule has 2 aromatic rings. The minimum Gasteiger partial charge on any atom is -0.493 e. The molecule has 1 aromatic heterocycles. The van der Waals surface area contributed by atoms with Crippen LogP contribution in [0, 0.1) is 0 Å². The summed E-state index contributed by atoms with van der Waals surface area (Å²) in [6.45, 7) is 2.22. The molecule has 0 atom stereocenters. The van der Waals surface area contributed by atoms with Crippen molar-refractivity contribution in [2.75, 3.05) is 19.5 Å². The normalized spacial score (nSPS) is 10.3. The lowest BCUT2D eigenvalue weighted by molar-refractivity contribution is -0.139. The van der Waals surface area contributed by atoms with Crippen LogP contribution < -0.4 is 9.47 Å². The lowest BCUT2D eigenvalue weighted by Crippen LogP contribution is -2.06. The van der Waals surface area contributed by atoms with Gasteiger partial charge in [-0.15, -0.1) is 10.2 Å². The number of hydrogen-bond acceptors (Lipinski definition) is 8. The van der Waals surface area contributed by atoms with Gasteiger partial charge in [-0.2, -0.15) is 0 Å². The van der Waals surface area contributed by atoms with Crippen LogP contribution in [0.4, 0.5) is 0 Å². The molecular formula is C14H16N2O5S. The van der Waals surface area contributed by atoms with E-state index in [4.69, 9.17) is 18.6 Å². The number of ether oxygens (including phenoxy) is 3. The Morgan fingerprint density at radius 2 is 2.05 bits per heavy atom. The number of carbonyl (C=O) groups excluding carboxylic acids is 1. The summed E-state index contributed by atoms with van der Waals surface area (Å²) < 4.78 is 20.9. The number of thioether (sulfide) groups is 1. The second kappa shape index (κ2) is 8.28. The van der Waals surface area contributed by atoms with Gasteiger partial charge in [0.15, 0.2) is 18.1 Å². The number of hydrogen-bond donors (Lipinski definition) is 0. The number of para-hydroxylation sites is 2. The van der Waals surface area contributed by atoms with Crippen molar-refractivity contribution in [2.24, 2.45) is 0 Å². The van der Waals surface area contributed by atoms with Crippen LogP contribution in [0.3, 0.4) is 0 Å². The third-order valence-corrected chi connectivity index (χ3v) is 3.28. The van der Waals surface area contributed by atoms with Crippen molar-refractivity contribution in [3.8, 4) is 11.5 Å². The van der Waals surface area contributed by atoms with Crippen molar-refractivity contribution in [3.05, 3.63) is 30.2 Å². The van der Waals surface area contributed by atoms with E-state index < -0.39 is 0 Å². The second-order valence-electron chi connectivity index (χ2n) is 3.99. The summed E-state index contributed by atoms with van der Waals surface area (Å²) in [4.78, 5) is 11.2. The van der Waals surface area contributed by atoms with Gasteiger partial charge in [0, 0.05) is 0 Å². The Morgan fingerprint density at radius 3 is 2.77 bits per heavy atom. The maximum absolute atomic E-state index is 11.2. The van der Waals surface area contributed by atoms with Gasteiger partial charge in [0.25, 0.3) is 11.1 Å². The van der Waals surface area contributed by atoms with E-state index in [0.29, 0.717) is 29.2 Å². The van der Waals surface area contributed by atoms with Gasteiger partial charge >= 0.3 is 5.97 Å².